The molecular formula is C25H28BF2NO4. The predicted octanol–water partition coefficient (Wildman–Crippen LogP) is 5.56. The van der Waals surface area contributed by atoms with Gasteiger partial charge in [0.05, 0.1) is 22.5 Å². The van der Waals surface area contributed by atoms with Crippen LogP contribution in [0.1, 0.15) is 64.4 Å². The van der Waals surface area contributed by atoms with Gasteiger partial charge in [0.15, 0.2) is 11.4 Å². The number of amides is 1. The maximum atomic E-state index is 15.3. The molecule has 0 bridgehead atoms. The van der Waals surface area contributed by atoms with Gasteiger partial charge >= 0.3 is 7.12 Å². The van der Waals surface area contributed by atoms with E-state index in [4.69, 9.17) is 13.7 Å². The molecule has 0 aliphatic carbocycles. The summed E-state index contributed by atoms with van der Waals surface area (Å²) in [4.78, 5) is 12.9. The Morgan fingerprint density at radius 2 is 1.64 bits per heavy atom. The molecule has 1 saturated heterocycles. The summed E-state index contributed by atoms with van der Waals surface area (Å²) >= 11 is 0. The molecule has 0 radical (unpaired) electrons. The van der Waals surface area contributed by atoms with E-state index in [9.17, 15) is 9.18 Å². The molecule has 8 heteroatoms. The molecule has 1 aliphatic rings. The third-order valence-electron chi connectivity index (χ3n) is 6.54. The zero-order chi connectivity index (χ0) is 24.3. The van der Waals surface area contributed by atoms with Crippen molar-refractivity contribution in [3.63, 3.8) is 0 Å². The van der Waals surface area contributed by atoms with Crippen molar-refractivity contribution >= 4 is 35.1 Å². The smallest absolute Gasteiger partial charge is 0.460 e. The van der Waals surface area contributed by atoms with E-state index in [1.165, 1.54) is 18.4 Å². The zero-order valence-corrected chi connectivity index (χ0v) is 19.9. The number of carbonyl (C=O) groups excluding carboxylic acids is 1. The van der Waals surface area contributed by atoms with Crippen molar-refractivity contribution < 1.29 is 27.3 Å². The molecule has 0 unspecified atom stereocenters. The molecule has 0 spiro atoms. The van der Waals surface area contributed by atoms with Gasteiger partial charge in [-0.3, -0.25) is 4.79 Å². The molecule has 4 rings (SSSR count). The minimum atomic E-state index is -0.906. The number of hydrogen-bond donors (Lipinski definition) is 1. The van der Waals surface area contributed by atoms with Crippen LogP contribution in [0.2, 0.25) is 0 Å². The molecule has 1 amide bonds. The van der Waals surface area contributed by atoms with Crippen LogP contribution in [-0.4, -0.2) is 24.2 Å². The van der Waals surface area contributed by atoms with Gasteiger partial charge in [0, 0.05) is 10.8 Å². The average molecular weight is 455 g/mol. The molecule has 1 fully saturated rings. The van der Waals surface area contributed by atoms with Crippen LogP contribution < -0.4 is 10.8 Å². The lowest BCUT2D eigenvalue weighted by Crippen LogP contribution is -2.41. The van der Waals surface area contributed by atoms with Crippen LogP contribution in [0.3, 0.4) is 0 Å². The van der Waals surface area contributed by atoms with Gasteiger partial charge < -0.3 is 19.0 Å². The van der Waals surface area contributed by atoms with Crippen LogP contribution in [0.25, 0.3) is 11.0 Å². The summed E-state index contributed by atoms with van der Waals surface area (Å²) in [5.74, 6) is -1.81. The Morgan fingerprint density at radius 3 is 2.24 bits per heavy atom. The number of rotatable bonds is 3. The molecule has 0 saturated carbocycles. The Hall–Kier alpha value is -2.71. The fraction of sp³-hybridized carbons (Fsp3) is 0.400. The molecule has 33 heavy (non-hydrogen) atoms. The average Bonchev–Trinajstić information content (AvgIpc) is 3.21. The number of halogens is 2. The van der Waals surface area contributed by atoms with E-state index in [1.807, 2.05) is 48.5 Å². The van der Waals surface area contributed by atoms with Gasteiger partial charge in [0.1, 0.15) is 12.1 Å². The number of anilines is 1. The van der Waals surface area contributed by atoms with Crippen LogP contribution in [0.15, 0.2) is 41.0 Å². The lowest BCUT2D eigenvalue weighted by Gasteiger charge is -2.32. The topological polar surface area (TPSA) is 60.7 Å². The molecule has 1 aliphatic heterocycles. The van der Waals surface area contributed by atoms with Crippen LogP contribution in [-0.2, 0) is 14.7 Å². The molecule has 1 N–H and O–H groups in total. The summed E-state index contributed by atoms with van der Waals surface area (Å²) in [6.07, 6.45) is 1.17. The summed E-state index contributed by atoms with van der Waals surface area (Å²) in [6, 6.07) is 7.71. The third kappa shape index (κ3) is 4.06. The zero-order valence-electron chi connectivity index (χ0n) is 19.9. The SMILES string of the molecule is CC(C)(C)c1ccc(F)c(NC(=O)c2coc3c(F)c(B4OC(C)(C)C(C)(C)O4)ccc23)c1. The maximum absolute atomic E-state index is 15.3. The predicted molar refractivity (Wildman–Crippen MR) is 125 cm³/mol. The second-order valence-electron chi connectivity index (χ2n) is 10.5. The van der Waals surface area contributed by atoms with E-state index in [0.29, 0.717) is 0 Å². The molecule has 0 atom stereocenters. The number of nitrogens with one attached hydrogen (secondary N) is 1. The van der Waals surface area contributed by atoms with Crippen molar-refractivity contribution in [2.24, 2.45) is 0 Å². The summed E-state index contributed by atoms with van der Waals surface area (Å²) in [7, 11) is -0.906. The second-order valence-corrected chi connectivity index (χ2v) is 10.5. The quantitative estimate of drug-likeness (QED) is 0.526. The van der Waals surface area contributed by atoms with Gasteiger partial charge in [-0.1, -0.05) is 39.0 Å². The highest BCUT2D eigenvalue weighted by Gasteiger charge is 2.52. The first-order valence-corrected chi connectivity index (χ1v) is 10.9. The molecule has 3 aromatic rings. The Labute approximate surface area is 192 Å². The molecule has 2 aromatic carbocycles. The van der Waals surface area contributed by atoms with Gasteiger partial charge in [-0.05, 0) is 50.8 Å². The van der Waals surface area contributed by atoms with E-state index in [-0.39, 0.29) is 33.1 Å². The van der Waals surface area contributed by atoms with E-state index in [2.05, 4.69) is 5.32 Å². The van der Waals surface area contributed by atoms with Crippen LogP contribution in [0, 0.1) is 11.6 Å². The first kappa shape index (κ1) is 23.5. The van der Waals surface area contributed by atoms with E-state index in [0.717, 1.165) is 5.56 Å². The monoisotopic (exact) mass is 455 g/mol. The maximum Gasteiger partial charge on any atom is 0.498 e. The van der Waals surface area contributed by atoms with Crippen molar-refractivity contribution in [1.29, 1.82) is 0 Å². The lowest BCUT2D eigenvalue weighted by atomic mass is 9.78. The standard InChI is InChI=1S/C25H28BF2NO4/c1-23(2,3)14-8-11-18(27)19(12-14)29-22(30)16-13-31-21-15(16)9-10-17(20(21)28)26-32-24(4,5)25(6,7)33-26/h8-13H,1-7H3,(H,29,30). The van der Waals surface area contributed by atoms with Crippen molar-refractivity contribution in [2.45, 2.75) is 65.1 Å². The number of fused-ring (bicyclic) bond motifs is 1. The van der Waals surface area contributed by atoms with Gasteiger partial charge in [0.2, 0.25) is 0 Å². The summed E-state index contributed by atoms with van der Waals surface area (Å²) < 4.78 is 47.0. The van der Waals surface area contributed by atoms with Crippen LogP contribution in [0.5, 0.6) is 0 Å². The van der Waals surface area contributed by atoms with E-state index < -0.39 is 35.9 Å². The Morgan fingerprint density at radius 1 is 1.00 bits per heavy atom. The largest absolute Gasteiger partial charge is 0.498 e. The Bertz CT molecular complexity index is 1230. The van der Waals surface area contributed by atoms with Crippen molar-refractivity contribution in [2.75, 3.05) is 5.32 Å². The van der Waals surface area contributed by atoms with Crippen LogP contribution in [0.4, 0.5) is 14.5 Å². The number of benzene rings is 2. The lowest BCUT2D eigenvalue weighted by molar-refractivity contribution is 0.00578. The van der Waals surface area contributed by atoms with Crippen molar-refractivity contribution in [1.82, 2.24) is 0 Å². The fourth-order valence-electron chi connectivity index (χ4n) is 3.69. The van der Waals surface area contributed by atoms with E-state index in [1.54, 1.807) is 18.2 Å². The van der Waals surface area contributed by atoms with Gasteiger partial charge in [-0.2, -0.15) is 0 Å². The summed E-state index contributed by atoms with van der Waals surface area (Å²) in [6.45, 7) is 13.5. The molecule has 1 aromatic heterocycles. The Balaban J connectivity index is 1.65. The highest BCUT2D eigenvalue weighted by molar-refractivity contribution is 6.62. The normalized spacial score (nSPS) is 17.5. The first-order valence-electron chi connectivity index (χ1n) is 10.9. The third-order valence-corrected chi connectivity index (χ3v) is 6.54. The van der Waals surface area contributed by atoms with E-state index >= 15 is 4.39 Å². The second kappa shape index (κ2) is 7.67. The summed E-state index contributed by atoms with van der Waals surface area (Å²) in [5.41, 5.74) is -0.349. The van der Waals surface area contributed by atoms with Crippen molar-refractivity contribution in [3.05, 3.63) is 59.4 Å². The molecule has 174 valence electrons. The van der Waals surface area contributed by atoms with Crippen LogP contribution >= 0.6 is 0 Å². The molecule has 2 heterocycles. The van der Waals surface area contributed by atoms with Gasteiger partial charge in [-0.25, -0.2) is 8.78 Å². The highest BCUT2D eigenvalue weighted by Crippen LogP contribution is 2.37. The molecule has 5 nitrogen and oxygen atoms in total. The first-order chi connectivity index (χ1) is 15.2. The van der Waals surface area contributed by atoms with Gasteiger partial charge in [0.25, 0.3) is 5.91 Å². The van der Waals surface area contributed by atoms with Crippen molar-refractivity contribution in [3.8, 4) is 0 Å². The number of furan rings is 1. The fourth-order valence-corrected chi connectivity index (χ4v) is 3.69. The minimum Gasteiger partial charge on any atom is -0.460 e. The summed E-state index contributed by atoms with van der Waals surface area (Å²) in [5, 5.41) is 2.86. The Kier molecular flexibility index (Phi) is 5.45. The highest BCUT2D eigenvalue weighted by atomic mass is 19.1. The molecular weight excluding hydrogens is 427 g/mol. The number of carbonyl (C=O) groups is 1. The van der Waals surface area contributed by atoms with Gasteiger partial charge in [-0.15, -0.1) is 0 Å². The minimum absolute atomic E-state index is 0.0519. The number of hydrogen-bond acceptors (Lipinski definition) is 4.